The molecule has 128 valence electrons. The fourth-order valence-electron chi connectivity index (χ4n) is 3.52. The number of nitrogens with one attached hydrogen (secondary N) is 1. The summed E-state index contributed by atoms with van der Waals surface area (Å²) in [5.74, 6) is 0.811. The fourth-order valence-corrected chi connectivity index (χ4v) is 3.52. The Bertz CT molecular complexity index is 879. The molecule has 1 heterocycles. The first-order valence-corrected chi connectivity index (χ1v) is 8.55. The van der Waals surface area contributed by atoms with Crippen molar-refractivity contribution in [2.24, 2.45) is 0 Å². The van der Waals surface area contributed by atoms with Gasteiger partial charge in [-0.1, -0.05) is 30.3 Å². The maximum absolute atomic E-state index is 13.1. The Morgan fingerprint density at radius 3 is 2.68 bits per heavy atom. The van der Waals surface area contributed by atoms with Gasteiger partial charge in [0, 0.05) is 17.8 Å². The molecule has 2 N–H and O–H groups in total. The minimum Gasteiger partial charge on any atom is -0.507 e. The molecule has 0 bridgehead atoms. The van der Waals surface area contributed by atoms with Crippen LogP contribution in [0.3, 0.4) is 0 Å². The number of halogens is 1. The predicted molar refractivity (Wildman–Crippen MR) is 96.7 cm³/mol. The van der Waals surface area contributed by atoms with E-state index in [1.54, 1.807) is 12.1 Å². The quantitative estimate of drug-likeness (QED) is 0.752. The summed E-state index contributed by atoms with van der Waals surface area (Å²) >= 11 is 0. The van der Waals surface area contributed by atoms with Gasteiger partial charge in [0.15, 0.2) is 0 Å². The van der Waals surface area contributed by atoms with Gasteiger partial charge >= 0.3 is 0 Å². The maximum Gasteiger partial charge on any atom is 0.123 e. The minimum atomic E-state index is -0.270. The lowest BCUT2D eigenvalue weighted by molar-refractivity contribution is 0.138. The van der Waals surface area contributed by atoms with Crippen LogP contribution in [0.5, 0.6) is 11.5 Å². The molecule has 0 amide bonds. The monoisotopic (exact) mass is 337 g/mol. The van der Waals surface area contributed by atoms with Crippen LogP contribution in [0.25, 0.3) is 10.8 Å². The van der Waals surface area contributed by atoms with Crippen molar-refractivity contribution in [3.8, 4) is 11.5 Å². The van der Waals surface area contributed by atoms with Crippen LogP contribution < -0.4 is 10.1 Å². The Balaban J connectivity index is 1.65. The molecular formula is C21H20FNO2. The highest BCUT2D eigenvalue weighted by Crippen LogP contribution is 2.34. The highest BCUT2D eigenvalue weighted by atomic mass is 19.1. The van der Waals surface area contributed by atoms with Gasteiger partial charge in [0.2, 0.25) is 0 Å². The van der Waals surface area contributed by atoms with E-state index in [2.05, 4.69) is 11.4 Å². The van der Waals surface area contributed by atoms with Gasteiger partial charge in [0.05, 0.1) is 0 Å². The van der Waals surface area contributed by atoms with E-state index < -0.39 is 0 Å². The average molecular weight is 337 g/mol. The number of ether oxygens (including phenoxy) is 1. The van der Waals surface area contributed by atoms with Crippen LogP contribution in [0.4, 0.5) is 4.39 Å². The zero-order valence-electron chi connectivity index (χ0n) is 13.8. The number of aromatic hydroxyl groups is 1. The molecule has 4 rings (SSSR count). The summed E-state index contributed by atoms with van der Waals surface area (Å²) in [6.07, 6.45) is 0.836. The lowest BCUT2D eigenvalue weighted by atomic mass is 9.87. The van der Waals surface area contributed by atoms with E-state index in [4.69, 9.17) is 4.74 Å². The van der Waals surface area contributed by atoms with Gasteiger partial charge in [-0.3, -0.25) is 0 Å². The Morgan fingerprint density at radius 2 is 1.84 bits per heavy atom. The highest BCUT2D eigenvalue weighted by molar-refractivity contribution is 5.88. The van der Waals surface area contributed by atoms with Gasteiger partial charge in [0.25, 0.3) is 0 Å². The minimum absolute atomic E-state index is 0.0210. The van der Waals surface area contributed by atoms with E-state index in [0.717, 1.165) is 35.8 Å². The third kappa shape index (κ3) is 3.30. The van der Waals surface area contributed by atoms with Gasteiger partial charge in [0.1, 0.15) is 23.4 Å². The number of hydrogen-bond acceptors (Lipinski definition) is 3. The molecule has 0 aliphatic carbocycles. The molecule has 0 aromatic heterocycles. The third-order valence-corrected chi connectivity index (χ3v) is 4.81. The molecule has 0 radical (unpaired) electrons. The molecular weight excluding hydrogens is 317 g/mol. The molecule has 25 heavy (non-hydrogen) atoms. The van der Waals surface area contributed by atoms with Crippen molar-refractivity contribution in [2.75, 3.05) is 13.1 Å². The van der Waals surface area contributed by atoms with Gasteiger partial charge in [-0.25, -0.2) is 4.39 Å². The third-order valence-electron chi connectivity index (χ3n) is 4.81. The van der Waals surface area contributed by atoms with Crippen LogP contribution in [0.2, 0.25) is 0 Å². The molecule has 3 aromatic rings. The van der Waals surface area contributed by atoms with E-state index in [1.165, 1.54) is 12.1 Å². The van der Waals surface area contributed by atoms with Gasteiger partial charge in [-0.05, 0) is 54.2 Å². The second-order valence-corrected chi connectivity index (χ2v) is 6.47. The second kappa shape index (κ2) is 6.73. The van der Waals surface area contributed by atoms with Crippen molar-refractivity contribution in [2.45, 2.75) is 18.4 Å². The van der Waals surface area contributed by atoms with E-state index in [0.29, 0.717) is 11.5 Å². The van der Waals surface area contributed by atoms with Crippen LogP contribution in [0, 0.1) is 5.82 Å². The van der Waals surface area contributed by atoms with Gasteiger partial charge < -0.3 is 15.2 Å². The fraction of sp³-hybridized carbons (Fsp3) is 0.238. The molecule has 1 aliphatic rings. The van der Waals surface area contributed by atoms with Crippen molar-refractivity contribution in [3.63, 3.8) is 0 Å². The van der Waals surface area contributed by atoms with Crippen molar-refractivity contribution < 1.29 is 14.2 Å². The summed E-state index contributed by atoms with van der Waals surface area (Å²) in [5.41, 5.74) is 1.05. The molecule has 1 aliphatic heterocycles. The molecule has 2 atom stereocenters. The summed E-state index contributed by atoms with van der Waals surface area (Å²) < 4.78 is 19.2. The van der Waals surface area contributed by atoms with Gasteiger partial charge in [-0.15, -0.1) is 0 Å². The maximum atomic E-state index is 13.1. The Kier molecular flexibility index (Phi) is 4.28. The standard InChI is InChI=1S/C21H20FNO2/c22-16-5-7-17(8-6-16)25-21-9-10-23-13-19(21)15-11-14-3-1-2-4-18(14)20(24)12-15/h1-8,11-12,19,21,23-24H,9-10,13H2. The SMILES string of the molecule is Oc1cc(C2CNCCC2Oc2ccc(F)cc2)cc2ccccc12. The molecule has 3 nitrogen and oxygen atoms in total. The average Bonchev–Trinajstić information content (AvgIpc) is 2.64. The molecule has 2 unspecified atom stereocenters. The van der Waals surface area contributed by atoms with Crippen LogP contribution >= 0.6 is 0 Å². The lowest BCUT2D eigenvalue weighted by Crippen LogP contribution is -2.41. The van der Waals surface area contributed by atoms with Gasteiger partial charge in [-0.2, -0.15) is 0 Å². The van der Waals surface area contributed by atoms with Crippen molar-refractivity contribution in [1.82, 2.24) is 5.32 Å². The highest BCUT2D eigenvalue weighted by Gasteiger charge is 2.29. The number of fused-ring (bicyclic) bond motifs is 1. The summed E-state index contributed by atoms with van der Waals surface area (Å²) in [6.45, 7) is 1.66. The summed E-state index contributed by atoms with van der Waals surface area (Å²) in [7, 11) is 0. The van der Waals surface area contributed by atoms with Crippen molar-refractivity contribution in [3.05, 3.63) is 72.0 Å². The molecule has 1 saturated heterocycles. The van der Waals surface area contributed by atoms with Crippen LogP contribution in [-0.2, 0) is 0 Å². The first-order valence-electron chi connectivity index (χ1n) is 8.55. The second-order valence-electron chi connectivity index (χ2n) is 6.47. The largest absolute Gasteiger partial charge is 0.507 e. The molecule has 3 aromatic carbocycles. The topological polar surface area (TPSA) is 41.5 Å². The molecule has 0 saturated carbocycles. The van der Waals surface area contributed by atoms with Crippen molar-refractivity contribution in [1.29, 1.82) is 0 Å². The smallest absolute Gasteiger partial charge is 0.123 e. The van der Waals surface area contributed by atoms with E-state index in [1.807, 2.05) is 30.3 Å². The zero-order valence-corrected chi connectivity index (χ0v) is 13.8. The van der Waals surface area contributed by atoms with E-state index in [-0.39, 0.29) is 17.8 Å². The van der Waals surface area contributed by atoms with Crippen LogP contribution in [0.15, 0.2) is 60.7 Å². The zero-order chi connectivity index (χ0) is 17.2. The number of hydrogen-bond donors (Lipinski definition) is 2. The molecule has 1 fully saturated rings. The number of piperidine rings is 1. The van der Waals surface area contributed by atoms with Crippen LogP contribution in [-0.4, -0.2) is 24.3 Å². The first kappa shape index (κ1) is 15.9. The summed E-state index contributed by atoms with van der Waals surface area (Å²) in [6, 6.07) is 17.9. The van der Waals surface area contributed by atoms with Crippen molar-refractivity contribution >= 4 is 10.8 Å². The number of rotatable bonds is 3. The predicted octanol–water partition coefficient (Wildman–Crippen LogP) is 4.21. The molecule has 0 spiro atoms. The summed E-state index contributed by atoms with van der Waals surface area (Å²) in [4.78, 5) is 0. The summed E-state index contributed by atoms with van der Waals surface area (Å²) in [5, 5.41) is 15.7. The first-order chi connectivity index (χ1) is 12.2. The Labute approximate surface area is 146 Å². The number of benzene rings is 3. The number of phenolic OH excluding ortho intramolecular Hbond substituents is 1. The Hall–Kier alpha value is -2.59. The normalized spacial score (nSPS) is 20.5. The van der Waals surface area contributed by atoms with E-state index in [9.17, 15) is 9.50 Å². The Morgan fingerprint density at radius 1 is 1.04 bits per heavy atom. The lowest BCUT2D eigenvalue weighted by Gasteiger charge is -2.33. The van der Waals surface area contributed by atoms with Crippen LogP contribution in [0.1, 0.15) is 17.9 Å². The van der Waals surface area contributed by atoms with E-state index >= 15 is 0 Å². The number of phenols is 1. The molecule has 4 heteroatoms.